The molecule has 0 spiro atoms. The summed E-state index contributed by atoms with van der Waals surface area (Å²) in [7, 11) is 2.03. The molecule has 9 nitrogen and oxygen atoms in total. The van der Waals surface area contributed by atoms with Crippen molar-refractivity contribution in [1.82, 2.24) is 25.5 Å². The number of nitrogens with one attached hydrogen (secondary N) is 3. The quantitative estimate of drug-likeness (QED) is 0.481. The lowest BCUT2D eigenvalue weighted by Gasteiger charge is -2.20. The van der Waals surface area contributed by atoms with Crippen LogP contribution in [-0.4, -0.2) is 59.3 Å². The predicted molar refractivity (Wildman–Crippen MR) is 105 cm³/mol. The molecule has 3 rings (SSSR count). The number of carbonyl (C=O) groups excluding carboxylic acids is 3. The summed E-state index contributed by atoms with van der Waals surface area (Å²) >= 11 is 7.09. The normalized spacial score (nSPS) is 13.5. The molecule has 0 atom stereocenters. The maximum absolute atomic E-state index is 12.2. The molecule has 11 heteroatoms. The van der Waals surface area contributed by atoms with Gasteiger partial charge in [-0.25, -0.2) is 9.97 Å². The summed E-state index contributed by atoms with van der Waals surface area (Å²) in [5.74, 6) is -1.74. The van der Waals surface area contributed by atoms with Gasteiger partial charge in [-0.05, 0) is 19.2 Å². The van der Waals surface area contributed by atoms with Gasteiger partial charge < -0.3 is 20.9 Å². The molecule has 0 unspecified atom stereocenters. The van der Waals surface area contributed by atoms with Gasteiger partial charge in [0, 0.05) is 43.7 Å². The van der Waals surface area contributed by atoms with Crippen molar-refractivity contribution in [3.05, 3.63) is 38.9 Å². The van der Waals surface area contributed by atoms with Crippen LogP contribution in [0.3, 0.4) is 0 Å². The third kappa shape index (κ3) is 5.24. The molecule has 0 bridgehead atoms. The Bertz CT molecular complexity index is 886. The van der Waals surface area contributed by atoms with E-state index in [0.717, 1.165) is 30.1 Å². The molecule has 3 heterocycles. The molecular weight excluding hydrogens is 404 g/mol. The largest absolute Gasteiger partial charge is 0.348 e. The molecule has 2 aromatic rings. The van der Waals surface area contributed by atoms with Crippen LogP contribution in [0.4, 0.5) is 5.82 Å². The SMILES string of the molecule is CN1CCc2nc(C(=O)NCCNC(=O)C(=O)Nc3ccc(Cl)cn3)sc2C1. The number of thiazole rings is 1. The van der Waals surface area contributed by atoms with E-state index in [2.05, 4.69) is 30.8 Å². The van der Waals surface area contributed by atoms with Gasteiger partial charge in [0.15, 0.2) is 5.01 Å². The molecule has 0 saturated heterocycles. The number of fused-ring (bicyclic) bond motifs is 1. The average molecular weight is 423 g/mol. The van der Waals surface area contributed by atoms with E-state index in [4.69, 9.17) is 11.6 Å². The summed E-state index contributed by atoms with van der Waals surface area (Å²) < 4.78 is 0. The molecule has 1 aliphatic rings. The number of pyridine rings is 1. The summed E-state index contributed by atoms with van der Waals surface area (Å²) in [5.41, 5.74) is 0.981. The zero-order chi connectivity index (χ0) is 20.1. The molecule has 0 aromatic carbocycles. The van der Waals surface area contributed by atoms with Crippen LogP contribution in [0.15, 0.2) is 18.3 Å². The topological polar surface area (TPSA) is 116 Å². The molecular formula is C17H19ClN6O3S. The van der Waals surface area contributed by atoms with Crippen LogP contribution < -0.4 is 16.0 Å². The second-order valence-corrected chi connectivity index (χ2v) is 7.72. The number of amides is 3. The Morgan fingerprint density at radius 2 is 2.00 bits per heavy atom. The molecule has 3 amide bonds. The minimum atomic E-state index is -0.849. The number of hydrogen-bond acceptors (Lipinski definition) is 7. The second-order valence-electron chi connectivity index (χ2n) is 6.20. The highest BCUT2D eigenvalue weighted by molar-refractivity contribution is 7.13. The monoisotopic (exact) mass is 422 g/mol. The molecule has 148 valence electrons. The number of anilines is 1. The zero-order valence-electron chi connectivity index (χ0n) is 15.1. The molecule has 0 radical (unpaired) electrons. The van der Waals surface area contributed by atoms with E-state index >= 15 is 0 Å². The lowest BCUT2D eigenvalue weighted by atomic mass is 10.2. The predicted octanol–water partition coefficient (Wildman–Crippen LogP) is 0.664. The summed E-state index contributed by atoms with van der Waals surface area (Å²) in [4.78, 5) is 47.3. The van der Waals surface area contributed by atoms with Crippen LogP contribution >= 0.6 is 22.9 Å². The van der Waals surface area contributed by atoms with E-state index in [-0.39, 0.29) is 24.8 Å². The van der Waals surface area contributed by atoms with Crippen LogP contribution in [0, 0.1) is 0 Å². The summed E-state index contributed by atoms with van der Waals surface area (Å²) in [5, 5.41) is 8.32. The van der Waals surface area contributed by atoms with Gasteiger partial charge in [0.25, 0.3) is 5.91 Å². The fourth-order valence-corrected chi connectivity index (χ4v) is 3.77. The van der Waals surface area contributed by atoms with Crippen LogP contribution in [-0.2, 0) is 22.6 Å². The van der Waals surface area contributed by atoms with E-state index in [9.17, 15) is 14.4 Å². The highest BCUT2D eigenvalue weighted by Gasteiger charge is 2.21. The molecule has 0 aliphatic carbocycles. The molecule has 2 aromatic heterocycles. The molecule has 0 fully saturated rings. The van der Waals surface area contributed by atoms with Crippen LogP contribution in [0.5, 0.6) is 0 Å². The molecule has 28 heavy (non-hydrogen) atoms. The van der Waals surface area contributed by atoms with Crippen molar-refractivity contribution >= 4 is 46.5 Å². The van der Waals surface area contributed by atoms with Gasteiger partial charge in [0.2, 0.25) is 0 Å². The Labute approximate surface area is 170 Å². The maximum atomic E-state index is 12.2. The minimum absolute atomic E-state index is 0.111. The van der Waals surface area contributed by atoms with Crippen LogP contribution in [0.1, 0.15) is 20.4 Å². The number of carbonyl (C=O) groups is 3. The molecule has 3 N–H and O–H groups in total. The van der Waals surface area contributed by atoms with Crippen molar-refractivity contribution in [2.75, 3.05) is 32.0 Å². The Hall–Kier alpha value is -2.56. The van der Waals surface area contributed by atoms with Gasteiger partial charge in [-0.2, -0.15) is 0 Å². The Balaban J connectivity index is 1.40. The number of aromatic nitrogens is 2. The first-order valence-electron chi connectivity index (χ1n) is 8.58. The van der Waals surface area contributed by atoms with Gasteiger partial charge >= 0.3 is 11.8 Å². The summed E-state index contributed by atoms with van der Waals surface area (Å²) in [6.07, 6.45) is 2.20. The number of nitrogens with zero attached hydrogens (tertiary/aromatic N) is 3. The Morgan fingerprint density at radius 3 is 2.75 bits per heavy atom. The highest BCUT2D eigenvalue weighted by atomic mass is 35.5. The van der Waals surface area contributed by atoms with Crippen molar-refractivity contribution < 1.29 is 14.4 Å². The van der Waals surface area contributed by atoms with Gasteiger partial charge in [0.1, 0.15) is 5.82 Å². The highest BCUT2D eigenvalue weighted by Crippen LogP contribution is 2.24. The second kappa shape index (κ2) is 9.09. The number of likely N-dealkylation sites (N-methyl/N-ethyl adjacent to an activating group) is 1. The van der Waals surface area contributed by atoms with E-state index in [1.807, 2.05) is 7.05 Å². The van der Waals surface area contributed by atoms with Gasteiger partial charge in [0.05, 0.1) is 10.7 Å². The number of hydrogen-bond donors (Lipinski definition) is 3. The van der Waals surface area contributed by atoms with Crippen molar-refractivity contribution in [2.24, 2.45) is 0 Å². The lowest BCUT2D eigenvalue weighted by molar-refractivity contribution is -0.136. The summed E-state index contributed by atoms with van der Waals surface area (Å²) in [6.45, 7) is 2.02. The zero-order valence-corrected chi connectivity index (χ0v) is 16.7. The van der Waals surface area contributed by atoms with Gasteiger partial charge in [-0.3, -0.25) is 14.4 Å². The summed E-state index contributed by atoms with van der Waals surface area (Å²) in [6, 6.07) is 3.03. The van der Waals surface area contributed by atoms with Crippen LogP contribution in [0.25, 0.3) is 0 Å². The fourth-order valence-electron chi connectivity index (χ4n) is 2.55. The van der Waals surface area contributed by atoms with E-state index in [1.54, 1.807) is 6.07 Å². The Kier molecular flexibility index (Phi) is 6.55. The molecule has 0 saturated carbocycles. The third-order valence-corrected chi connectivity index (χ3v) is 5.29. The standard InChI is InChI=1S/C17H19ClN6O3S/c1-24-7-4-11-12(9-24)28-17(22-11)16(27)20-6-5-19-14(25)15(26)23-13-3-2-10(18)8-21-13/h2-3,8H,4-7,9H2,1H3,(H,19,25)(H,20,27)(H,21,23,26). The van der Waals surface area contributed by atoms with Gasteiger partial charge in [-0.15, -0.1) is 11.3 Å². The minimum Gasteiger partial charge on any atom is -0.348 e. The van der Waals surface area contributed by atoms with Gasteiger partial charge in [-0.1, -0.05) is 11.6 Å². The first-order chi connectivity index (χ1) is 13.4. The maximum Gasteiger partial charge on any atom is 0.314 e. The number of halogens is 1. The lowest BCUT2D eigenvalue weighted by Crippen LogP contribution is -2.40. The van der Waals surface area contributed by atoms with E-state index in [1.165, 1.54) is 23.6 Å². The third-order valence-electron chi connectivity index (χ3n) is 3.99. The first-order valence-corrected chi connectivity index (χ1v) is 9.78. The van der Waals surface area contributed by atoms with Crippen molar-refractivity contribution in [3.63, 3.8) is 0 Å². The van der Waals surface area contributed by atoms with Crippen molar-refractivity contribution in [2.45, 2.75) is 13.0 Å². The van der Waals surface area contributed by atoms with Crippen molar-refractivity contribution in [3.8, 4) is 0 Å². The first kappa shape index (κ1) is 20.2. The Morgan fingerprint density at radius 1 is 1.21 bits per heavy atom. The fraction of sp³-hybridized carbons (Fsp3) is 0.353. The van der Waals surface area contributed by atoms with Crippen molar-refractivity contribution in [1.29, 1.82) is 0 Å². The van der Waals surface area contributed by atoms with E-state index in [0.29, 0.717) is 10.0 Å². The molecule has 1 aliphatic heterocycles. The smallest absolute Gasteiger partial charge is 0.314 e. The van der Waals surface area contributed by atoms with E-state index < -0.39 is 11.8 Å². The number of rotatable bonds is 5. The average Bonchev–Trinajstić information content (AvgIpc) is 3.10. The van der Waals surface area contributed by atoms with Crippen LogP contribution in [0.2, 0.25) is 5.02 Å².